The summed E-state index contributed by atoms with van der Waals surface area (Å²) in [4.78, 5) is 0.132. The van der Waals surface area contributed by atoms with Crippen LogP contribution in [0.4, 0.5) is 26.3 Å². The van der Waals surface area contributed by atoms with Crippen LogP contribution in [0.1, 0.15) is 11.1 Å². The molecule has 0 saturated carbocycles. The van der Waals surface area contributed by atoms with Crippen LogP contribution in [0.3, 0.4) is 0 Å². The molecular weight excluding hydrogens is 538 g/mol. The molecule has 0 saturated heterocycles. The topological polar surface area (TPSA) is 43.4 Å². The fraction of sp³-hybridized carbons (Fsp3) is 0.0769. The van der Waals surface area contributed by atoms with Gasteiger partial charge in [-0.15, -0.1) is 0 Å². The van der Waals surface area contributed by atoms with Crippen LogP contribution in [0, 0.1) is 0 Å². The Morgan fingerprint density at radius 1 is 0.459 bits per heavy atom. The molecule has 0 amide bonds. The van der Waals surface area contributed by atoms with Crippen LogP contribution in [-0.2, 0) is 26.1 Å². The lowest BCUT2D eigenvalue weighted by atomic mass is 10.2. The first-order valence-electron chi connectivity index (χ1n) is 10.6. The smallest absolute Gasteiger partial charge is 0.203 e. The molecule has 0 aromatic heterocycles. The Morgan fingerprint density at radius 3 is 1.14 bits per heavy atom. The predicted molar refractivity (Wildman–Crippen MR) is 126 cm³/mol. The molecule has 0 aliphatic heterocycles. The van der Waals surface area contributed by atoms with E-state index in [1.165, 1.54) is 36.4 Å². The molecule has 4 rings (SSSR count). The lowest BCUT2D eigenvalue weighted by Gasteiger charge is -2.39. The molecule has 0 unspecified atom stereocenters. The molecule has 4 aromatic carbocycles. The van der Waals surface area contributed by atoms with Crippen molar-refractivity contribution in [1.29, 1.82) is 0 Å². The van der Waals surface area contributed by atoms with Crippen molar-refractivity contribution < 1.29 is 38.4 Å². The van der Waals surface area contributed by atoms with Crippen LogP contribution in [0.25, 0.3) is 0 Å². The van der Waals surface area contributed by atoms with Gasteiger partial charge in [0, 0.05) is 14.7 Å². The molecule has 0 bridgehead atoms. The normalized spacial score (nSPS) is 13.4. The fourth-order valence-electron chi connectivity index (χ4n) is 3.57. The van der Waals surface area contributed by atoms with Crippen molar-refractivity contribution in [2.24, 2.45) is 0 Å². The van der Waals surface area contributed by atoms with Crippen molar-refractivity contribution in [3.8, 4) is 0 Å². The van der Waals surface area contributed by atoms with Gasteiger partial charge in [-0.05, 0) is 83.1 Å². The van der Waals surface area contributed by atoms with Gasteiger partial charge in [0.1, 0.15) is 0 Å². The highest BCUT2D eigenvalue weighted by Gasteiger charge is 2.40. The Morgan fingerprint density at radius 2 is 0.784 bits per heavy atom. The Hall–Kier alpha value is -3.28. The molecule has 0 radical (unpaired) electrons. The summed E-state index contributed by atoms with van der Waals surface area (Å²) in [7, 11) is -7.93. The predicted octanol–water partition coefficient (Wildman–Crippen LogP) is 8.33. The van der Waals surface area contributed by atoms with Crippen LogP contribution < -0.4 is 0 Å². The number of alkyl halides is 6. The van der Waals surface area contributed by atoms with Crippen molar-refractivity contribution in [1.82, 2.24) is 0 Å². The van der Waals surface area contributed by atoms with Crippen molar-refractivity contribution in [3.63, 3.8) is 0 Å². The van der Waals surface area contributed by atoms with E-state index in [9.17, 15) is 34.8 Å². The standard InChI is InChI=1S/C26H18F6O3S2/c27-25(28,29)19-11-15-22(16-12-19)36(21-7-3-1-4-8-21,23-17-13-20(14-18-23)26(30,31)32)35-37(33,34)24-9-5-2-6-10-24/h1-18H. The monoisotopic (exact) mass is 556 g/mol. The van der Waals surface area contributed by atoms with Crippen molar-refractivity contribution in [3.05, 3.63) is 120 Å². The fourth-order valence-corrected chi connectivity index (χ4v) is 8.79. The molecule has 0 heterocycles. The van der Waals surface area contributed by atoms with Gasteiger partial charge in [0.2, 0.25) is 0 Å². The zero-order valence-corrected chi connectivity index (χ0v) is 20.3. The third-order valence-electron chi connectivity index (χ3n) is 5.33. The first-order valence-corrected chi connectivity index (χ1v) is 13.5. The maximum atomic E-state index is 13.5. The third kappa shape index (κ3) is 5.53. The van der Waals surface area contributed by atoms with Gasteiger partial charge in [-0.25, -0.2) is 3.63 Å². The summed E-state index contributed by atoms with van der Waals surface area (Å²) < 4.78 is 113. The Kier molecular flexibility index (Phi) is 7.15. The van der Waals surface area contributed by atoms with E-state index < -0.39 is 43.9 Å². The van der Waals surface area contributed by atoms with Gasteiger partial charge in [0.05, 0.1) is 16.0 Å². The molecule has 3 nitrogen and oxygen atoms in total. The molecule has 37 heavy (non-hydrogen) atoms. The van der Waals surface area contributed by atoms with Crippen LogP contribution in [0.2, 0.25) is 0 Å². The van der Waals surface area contributed by atoms with Gasteiger partial charge in [0.15, 0.2) is 0 Å². The second-order valence-corrected chi connectivity index (χ2v) is 12.2. The number of halogens is 6. The highest BCUT2D eigenvalue weighted by atomic mass is 32.3. The minimum atomic E-state index is -4.66. The summed E-state index contributed by atoms with van der Waals surface area (Å²) in [5.74, 6) is 0. The van der Waals surface area contributed by atoms with Gasteiger partial charge in [-0.3, -0.25) is 0 Å². The van der Waals surface area contributed by atoms with Crippen LogP contribution >= 0.6 is 10.3 Å². The summed E-state index contributed by atoms with van der Waals surface area (Å²) >= 11 is 0. The maximum absolute atomic E-state index is 13.5. The summed E-state index contributed by atoms with van der Waals surface area (Å²) in [6, 6.07) is 22.4. The van der Waals surface area contributed by atoms with E-state index in [0.717, 1.165) is 48.5 Å². The van der Waals surface area contributed by atoms with Crippen LogP contribution in [-0.4, -0.2) is 8.42 Å². The summed E-state index contributed by atoms with van der Waals surface area (Å²) in [6.45, 7) is 0. The lowest BCUT2D eigenvalue weighted by molar-refractivity contribution is -0.138. The SMILES string of the molecule is O=S(=O)(OS(c1ccccc1)(c1ccc(C(F)(F)F)cc1)c1ccc(C(F)(F)F)cc1)c1ccccc1. The quantitative estimate of drug-likeness (QED) is 0.224. The summed E-state index contributed by atoms with van der Waals surface area (Å²) in [5, 5.41) is 0. The van der Waals surface area contributed by atoms with E-state index in [-0.39, 0.29) is 19.6 Å². The molecule has 0 atom stereocenters. The molecule has 0 N–H and O–H groups in total. The molecule has 0 aliphatic carbocycles. The van der Waals surface area contributed by atoms with E-state index in [2.05, 4.69) is 0 Å². The number of rotatable bonds is 6. The summed E-state index contributed by atoms with van der Waals surface area (Å²) in [5.41, 5.74) is -1.95. The Balaban J connectivity index is 2.02. The molecule has 0 aliphatic rings. The molecule has 4 aromatic rings. The van der Waals surface area contributed by atoms with Crippen LogP contribution in [0.5, 0.6) is 0 Å². The maximum Gasteiger partial charge on any atom is 0.416 e. The minimum absolute atomic E-state index is 0.0472. The zero-order valence-electron chi connectivity index (χ0n) is 18.7. The van der Waals surface area contributed by atoms with Gasteiger partial charge < -0.3 is 0 Å². The first kappa shape index (κ1) is 26.8. The van der Waals surface area contributed by atoms with E-state index in [4.69, 9.17) is 3.63 Å². The molecule has 11 heteroatoms. The van der Waals surface area contributed by atoms with Crippen molar-refractivity contribution in [2.45, 2.75) is 31.9 Å². The number of hydrogen-bond acceptors (Lipinski definition) is 3. The van der Waals surface area contributed by atoms with Gasteiger partial charge in [-0.2, -0.15) is 34.8 Å². The summed E-state index contributed by atoms with van der Waals surface area (Å²) in [6.07, 6.45) is -9.32. The average molecular weight is 557 g/mol. The Bertz CT molecular complexity index is 1390. The second-order valence-electron chi connectivity index (χ2n) is 7.75. The number of benzene rings is 4. The highest BCUT2D eigenvalue weighted by molar-refractivity contribution is 8.33. The lowest BCUT2D eigenvalue weighted by Crippen LogP contribution is -2.15. The third-order valence-corrected chi connectivity index (χ3v) is 10.5. The van der Waals surface area contributed by atoms with Gasteiger partial charge in [-0.1, -0.05) is 36.4 Å². The average Bonchev–Trinajstić information content (AvgIpc) is 2.87. The molecule has 194 valence electrons. The van der Waals surface area contributed by atoms with Gasteiger partial charge in [0.25, 0.3) is 0 Å². The second kappa shape index (κ2) is 9.88. The molecule has 0 fully saturated rings. The largest absolute Gasteiger partial charge is 0.416 e. The molecule has 0 spiro atoms. The highest BCUT2D eigenvalue weighted by Crippen LogP contribution is 2.70. The first-order chi connectivity index (χ1) is 17.3. The van der Waals surface area contributed by atoms with Crippen molar-refractivity contribution in [2.75, 3.05) is 0 Å². The van der Waals surface area contributed by atoms with E-state index in [0.29, 0.717) is 0 Å². The van der Waals surface area contributed by atoms with E-state index in [1.54, 1.807) is 24.3 Å². The Labute approximate surface area is 211 Å². The van der Waals surface area contributed by atoms with Crippen LogP contribution in [0.15, 0.2) is 129 Å². The molecular formula is C26H18F6O3S2. The van der Waals surface area contributed by atoms with E-state index in [1.807, 2.05) is 0 Å². The minimum Gasteiger partial charge on any atom is -0.203 e. The zero-order chi connectivity index (χ0) is 26.9. The number of hydrogen-bond donors (Lipinski definition) is 0. The van der Waals surface area contributed by atoms with Gasteiger partial charge >= 0.3 is 22.5 Å². The van der Waals surface area contributed by atoms with E-state index >= 15 is 0 Å². The van der Waals surface area contributed by atoms with Crippen molar-refractivity contribution >= 4 is 20.4 Å².